The summed E-state index contributed by atoms with van der Waals surface area (Å²) in [6.45, 7) is 0. The molecule has 1 amide bonds. The number of fused-ring (bicyclic) bond motifs is 3. The summed E-state index contributed by atoms with van der Waals surface area (Å²) >= 11 is 1.75. The fourth-order valence-corrected chi connectivity index (χ4v) is 4.01. The highest BCUT2D eigenvalue weighted by Crippen LogP contribution is 2.39. The first-order valence-corrected chi connectivity index (χ1v) is 6.93. The van der Waals surface area contributed by atoms with Crippen LogP contribution in [0.25, 0.3) is 10.1 Å². The van der Waals surface area contributed by atoms with Crippen molar-refractivity contribution in [2.75, 3.05) is 0 Å². The number of halogens is 1. The van der Waals surface area contributed by atoms with Crippen molar-refractivity contribution >= 4 is 27.3 Å². The molecule has 1 aliphatic carbocycles. The minimum atomic E-state index is -0.242. The van der Waals surface area contributed by atoms with Gasteiger partial charge in [0.2, 0.25) is 5.91 Å². The number of carbonyl (C=O) groups excluding carboxylic acids is 1. The van der Waals surface area contributed by atoms with Crippen LogP contribution in [0.15, 0.2) is 18.2 Å². The molecule has 4 heteroatoms. The summed E-state index contributed by atoms with van der Waals surface area (Å²) in [5, 5.41) is 1.02. The van der Waals surface area contributed by atoms with Gasteiger partial charge in [-0.05, 0) is 54.3 Å². The molecular weight excluding hydrogens is 249 g/mol. The molecule has 1 aliphatic rings. The van der Waals surface area contributed by atoms with Crippen LogP contribution in [-0.2, 0) is 17.6 Å². The molecular formula is C14H14FNOS. The summed E-state index contributed by atoms with van der Waals surface area (Å²) in [4.78, 5) is 12.3. The largest absolute Gasteiger partial charge is 0.370 e. The maximum absolute atomic E-state index is 13.3. The van der Waals surface area contributed by atoms with Gasteiger partial charge in [0, 0.05) is 16.0 Å². The molecule has 1 heterocycles. The van der Waals surface area contributed by atoms with Gasteiger partial charge in [0.15, 0.2) is 0 Å². The zero-order valence-electron chi connectivity index (χ0n) is 9.91. The van der Waals surface area contributed by atoms with Gasteiger partial charge in [-0.15, -0.1) is 11.3 Å². The second-order valence-corrected chi connectivity index (χ2v) is 6.06. The second-order valence-electron chi connectivity index (χ2n) is 4.92. The van der Waals surface area contributed by atoms with Gasteiger partial charge in [-0.2, -0.15) is 0 Å². The smallest absolute Gasteiger partial charge is 0.217 e. The molecule has 1 aromatic carbocycles. The topological polar surface area (TPSA) is 43.1 Å². The molecule has 0 aliphatic heterocycles. The molecule has 18 heavy (non-hydrogen) atoms. The van der Waals surface area contributed by atoms with E-state index in [9.17, 15) is 9.18 Å². The minimum absolute atomic E-state index is 0.194. The highest BCUT2D eigenvalue weighted by molar-refractivity contribution is 7.19. The molecule has 2 aromatic rings. The lowest BCUT2D eigenvalue weighted by atomic mass is 9.85. The quantitative estimate of drug-likeness (QED) is 0.889. The van der Waals surface area contributed by atoms with Crippen LogP contribution in [-0.4, -0.2) is 5.91 Å². The molecule has 1 aromatic heterocycles. The van der Waals surface area contributed by atoms with Gasteiger partial charge < -0.3 is 5.73 Å². The number of nitrogens with two attached hydrogens (primary N) is 1. The minimum Gasteiger partial charge on any atom is -0.370 e. The van der Waals surface area contributed by atoms with Crippen LogP contribution in [0.2, 0.25) is 0 Å². The fraction of sp³-hybridized carbons (Fsp3) is 0.357. The van der Waals surface area contributed by atoms with E-state index in [0.29, 0.717) is 12.3 Å². The third-order valence-corrected chi connectivity index (χ3v) is 4.87. The fourth-order valence-electron chi connectivity index (χ4n) is 2.78. The Kier molecular flexibility index (Phi) is 2.82. The standard InChI is InChI=1S/C14H14FNOS/c15-9-2-4-13-11(7-9)10-5-8(6-14(16)17)1-3-12(10)18-13/h2,4,7-8H,1,3,5-6H2,(H2,16,17). The normalized spacial score (nSPS) is 18.8. The van der Waals surface area contributed by atoms with Crippen LogP contribution in [0.3, 0.4) is 0 Å². The lowest BCUT2D eigenvalue weighted by molar-refractivity contribution is -0.119. The molecule has 1 unspecified atom stereocenters. The lowest BCUT2D eigenvalue weighted by Gasteiger charge is -2.21. The van der Waals surface area contributed by atoms with E-state index in [1.807, 2.05) is 6.07 Å². The van der Waals surface area contributed by atoms with Crippen LogP contribution in [0.5, 0.6) is 0 Å². The van der Waals surface area contributed by atoms with Gasteiger partial charge in [0.05, 0.1) is 0 Å². The monoisotopic (exact) mass is 263 g/mol. The molecule has 3 rings (SSSR count). The van der Waals surface area contributed by atoms with E-state index in [-0.39, 0.29) is 11.7 Å². The molecule has 2 nitrogen and oxygen atoms in total. The van der Waals surface area contributed by atoms with E-state index in [2.05, 4.69) is 0 Å². The Morgan fingerprint density at radius 3 is 3.11 bits per heavy atom. The van der Waals surface area contributed by atoms with Gasteiger partial charge in [-0.3, -0.25) is 4.79 Å². The van der Waals surface area contributed by atoms with Gasteiger partial charge in [-0.1, -0.05) is 0 Å². The Morgan fingerprint density at radius 1 is 1.50 bits per heavy atom. The maximum atomic E-state index is 13.3. The van der Waals surface area contributed by atoms with Crippen molar-refractivity contribution in [3.63, 3.8) is 0 Å². The molecule has 0 saturated carbocycles. The average Bonchev–Trinajstić information content (AvgIpc) is 2.66. The number of amides is 1. The SMILES string of the molecule is NC(=O)CC1CCc2sc3ccc(F)cc3c2C1. The Hall–Kier alpha value is -1.42. The third kappa shape index (κ3) is 2.01. The summed E-state index contributed by atoms with van der Waals surface area (Å²) in [6.07, 6.45) is 3.27. The van der Waals surface area contributed by atoms with Crippen LogP contribution in [0, 0.1) is 11.7 Å². The molecule has 0 radical (unpaired) electrons. The average molecular weight is 263 g/mol. The van der Waals surface area contributed by atoms with Crippen molar-refractivity contribution in [1.29, 1.82) is 0 Å². The van der Waals surface area contributed by atoms with Gasteiger partial charge >= 0.3 is 0 Å². The van der Waals surface area contributed by atoms with E-state index < -0.39 is 0 Å². The van der Waals surface area contributed by atoms with Crippen LogP contribution >= 0.6 is 11.3 Å². The first-order valence-electron chi connectivity index (χ1n) is 6.11. The van der Waals surface area contributed by atoms with Gasteiger partial charge in [0.25, 0.3) is 0 Å². The number of hydrogen-bond acceptors (Lipinski definition) is 2. The van der Waals surface area contributed by atoms with E-state index >= 15 is 0 Å². The predicted octanol–water partition coefficient (Wildman–Crippen LogP) is 3.02. The third-order valence-electron chi connectivity index (χ3n) is 3.60. The number of thiophene rings is 1. The highest BCUT2D eigenvalue weighted by atomic mass is 32.1. The molecule has 0 bridgehead atoms. The van der Waals surface area contributed by atoms with Crippen molar-refractivity contribution in [3.8, 4) is 0 Å². The number of hydrogen-bond donors (Lipinski definition) is 1. The summed E-state index contributed by atoms with van der Waals surface area (Å²) < 4.78 is 14.5. The van der Waals surface area contributed by atoms with Crippen molar-refractivity contribution in [2.24, 2.45) is 11.7 Å². The zero-order valence-corrected chi connectivity index (χ0v) is 10.7. The number of carbonyl (C=O) groups is 1. The second kappa shape index (κ2) is 4.35. The maximum Gasteiger partial charge on any atom is 0.217 e. The zero-order chi connectivity index (χ0) is 12.7. The van der Waals surface area contributed by atoms with Crippen LogP contribution in [0.4, 0.5) is 4.39 Å². The number of rotatable bonds is 2. The Labute approximate surface area is 109 Å². The first kappa shape index (κ1) is 11.7. The van der Waals surface area contributed by atoms with E-state index in [0.717, 1.165) is 29.3 Å². The summed E-state index contributed by atoms with van der Waals surface area (Å²) in [5.41, 5.74) is 6.49. The highest BCUT2D eigenvalue weighted by Gasteiger charge is 2.24. The predicted molar refractivity (Wildman–Crippen MR) is 71.1 cm³/mol. The first-order chi connectivity index (χ1) is 8.63. The van der Waals surface area contributed by atoms with Crippen LogP contribution < -0.4 is 5.73 Å². The van der Waals surface area contributed by atoms with Crippen molar-refractivity contribution in [3.05, 3.63) is 34.5 Å². The van der Waals surface area contributed by atoms with E-state index in [1.165, 1.54) is 16.5 Å². The molecule has 0 spiro atoms. The van der Waals surface area contributed by atoms with Crippen molar-refractivity contribution < 1.29 is 9.18 Å². The molecule has 1 atom stereocenters. The Bertz CT molecular complexity index is 620. The van der Waals surface area contributed by atoms with Gasteiger partial charge in [0.1, 0.15) is 5.82 Å². The molecule has 0 saturated heterocycles. The number of benzene rings is 1. The Balaban J connectivity index is 2.00. The van der Waals surface area contributed by atoms with Gasteiger partial charge in [-0.25, -0.2) is 4.39 Å². The summed E-state index contributed by atoms with van der Waals surface area (Å²) in [6, 6.07) is 4.96. The lowest BCUT2D eigenvalue weighted by Crippen LogP contribution is -2.21. The molecule has 0 fully saturated rings. The van der Waals surface area contributed by atoms with E-state index in [4.69, 9.17) is 5.73 Å². The van der Waals surface area contributed by atoms with Crippen molar-refractivity contribution in [1.82, 2.24) is 0 Å². The number of aryl methyl sites for hydroxylation is 1. The molecule has 94 valence electrons. The van der Waals surface area contributed by atoms with Crippen LogP contribution in [0.1, 0.15) is 23.3 Å². The summed E-state index contributed by atoms with van der Waals surface area (Å²) in [7, 11) is 0. The van der Waals surface area contributed by atoms with Crippen molar-refractivity contribution in [2.45, 2.75) is 25.7 Å². The summed E-state index contributed by atoms with van der Waals surface area (Å²) in [5.74, 6) is -0.120. The Morgan fingerprint density at radius 2 is 2.33 bits per heavy atom. The number of primary amides is 1. The van der Waals surface area contributed by atoms with E-state index in [1.54, 1.807) is 17.4 Å². The molecule has 2 N–H and O–H groups in total.